The summed E-state index contributed by atoms with van der Waals surface area (Å²) < 4.78 is 7.66. The van der Waals surface area contributed by atoms with Gasteiger partial charge in [-0.05, 0) is 30.2 Å². The standard InChI is InChI=1S/C17H17N3O/c1-13-10-15(8-9-18-13)16-11-20(2)19-17(16)21-12-14-6-4-3-5-7-14/h3-11H,12H2,1-2H3. The van der Waals surface area contributed by atoms with Crippen LogP contribution in [0.2, 0.25) is 0 Å². The number of nitrogens with zero attached hydrogens (tertiary/aromatic N) is 3. The Morgan fingerprint density at radius 1 is 1.14 bits per heavy atom. The van der Waals surface area contributed by atoms with Gasteiger partial charge < -0.3 is 4.74 Å². The first-order valence-electron chi connectivity index (χ1n) is 6.86. The predicted octanol–water partition coefficient (Wildman–Crippen LogP) is 3.37. The molecule has 0 aliphatic carbocycles. The first-order valence-corrected chi connectivity index (χ1v) is 6.86. The van der Waals surface area contributed by atoms with Crippen LogP contribution in [0.3, 0.4) is 0 Å². The van der Waals surface area contributed by atoms with Gasteiger partial charge in [-0.25, -0.2) is 0 Å². The molecule has 21 heavy (non-hydrogen) atoms. The van der Waals surface area contributed by atoms with E-state index in [1.165, 1.54) is 0 Å². The van der Waals surface area contributed by atoms with Crippen LogP contribution in [0.15, 0.2) is 54.9 Å². The Morgan fingerprint density at radius 2 is 1.95 bits per heavy atom. The van der Waals surface area contributed by atoms with Crippen LogP contribution in [0, 0.1) is 6.92 Å². The van der Waals surface area contributed by atoms with Gasteiger partial charge in [0.2, 0.25) is 5.88 Å². The van der Waals surface area contributed by atoms with Crippen molar-refractivity contribution < 1.29 is 4.74 Å². The quantitative estimate of drug-likeness (QED) is 0.735. The van der Waals surface area contributed by atoms with Gasteiger partial charge in [0.15, 0.2) is 0 Å². The van der Waals surface area contributed by atoms with Gasteiger partial charge in [0.05, 0.1) is 5.56 Å². The van der Waals surface area contributed by atoms with Crippen LogP contribution in [-0.4, -0.2) is 14.8 Å². The molecule has 0 radical (unpaired) electrons. The second-order valence-electron chi connectivity index (χ2n) is 4.98. The SMILES string of the molecule is Cc1cc(-c2cn(C)nc2OCc2ccccc2)ccn1. The first kappa shape index (κ1) is 13.4. The van der Waals surface area contributed by atoms with Crippen LogP contribution in [-0.2, 0) is 13.7 Å². The molecule has 0 unspecified atom stereocenters. The lowest BCUT2D eigenvalue weighted by atomic mass is 10.1. The van der Waals surface area contributed by atoms with Crippen molar-refractivity contribution >= 4 is 0 Å². The third kappa shape index (κ3) is 3.11. The lowest BCUT2D eigenvalue weighted by Crippen LogP contribution is -1.97. The minimum absolute atomic E-state index is 0.509. The predicted molar refractivity (Wildman–Crippen MR) is 82.0 cm³/mol. The third-order valence-electron chi connectivity index (χ3n) is 3.22. The Morgan fingerprint density at radius 3 is 2.71 bits per heavy atom. The fourth-order valence-corrected chi connectivity index (χ4v) is 2.21. The van der Waals surface area contributed by atoms with Gasteiger partial charge >= 0.3 is 0 Å². The summed E-state index contributed by atoms with van der Waals surface area (Å²) in [6.07, 6.45) is 3.77. The number of hydrogen-bond donors (Lipinski definition) is 0. The molecule has 0 bridgehead atoms. The van der Waals surface area contributed by atoms with E-state index < -0.39 is 0 Å². The van der Waals surface area contributed by atoms with E-state index in [1.807, 2.05) is 62.6 Å². The average molecular weight is 279 g/mol. The maximum Gasteiger partial charge on any atom is 0.241 e. The number of hydrogen-bond acceptors (Lipinski definition) is 3. The molecule has 106 valence electrons. The van der Waals surface area contributed by atoms with E-state index in [0.717, 1.165) is 22.4 Å². The van der Waals surface area contributed by atoms with E-state index in [2.05, 4.69) is 10.1 Å². The summed E-state index contributed by atoms with van der Waals surface area (Å²) in [5, 5.41) is 4.41. The van der Waals surface area contributed by atoms with Crippen molar-refractivity contribution in [1.29, 1.82) is 0 Å². The third-order valence-corrected chi connectivity index (χ3v) is 3.22. The highest BCUT2D eigenvalue weighted by Crippen LogP contribution is 2.29. The molecule has 0 aliphatic heterocycles. The number of rotatable bonds is 4. The van der Waals surface area contributed by atoms with Crippen molar-refractivity contribution in [2.45, 2.75) is 13.5 Å². The summed E-state index contributed by atoms with van der Waals surface area (Å²) in [4.78, 5) is 4.23. The lowest BCUT2D eigenvalue weighted by Gasteiger charge is -2.06. The van der Waals surface area contributed by atoms with Gasteiger partial charge in [-0.3, -0.25) is 9.67 Å². The largest absolute Gasteiger partial charge is 0.471 e. The molecule has 4 heteroatoms. The molecule has 3 aromatic rings. The molecule has 1 aromatic carbocycles. The summed E-state index contributed by atoms with van der Waals surface area (Å²) in [5.74, 6) is 0.645. The van der Waals surface area contributed by atoms with E-state index >= 15 is 0 Å². The molecule has 2 aromatic heterocycles. The fraction of sp³-hybridized carbons (Fsp3) is 0.176. The van der Waals surface area contributed by atoms with E-state index in [9.17, 15) is 0 Å². The number of benzene rings is 1. The van der Waals surface area contributed by atoms with Crippen molar-refractivity contribution in [3.05, 3.63) is 66.1 Å². The van der Waals surface area contributed by atoms with Gasteiger partial charge in [0, 0.05) is 25.1 Å². The normalized spacial score (nSPS) is 10.6. The molecular formula is C17H17N3O. The zero-order valence-electron chi connectivity index (χ0n) is 12.2. The summed E-state index contributed by atoms with van der Waals surface area (Å²) in [5.41, 5.74) is 4.16. The summed E-state index contributed by atoms with van der Waals surface area (Å²) in [6.45, 7) is 2.49. The molecule has 4 nitrogen and oxygen atoms in total. The highest BCUT2D eigenvalue weighted by atomic mass is 16.5. The maximum absolute atomic E-state index is 5.89. The Hall–Kier alpha value is -2.62. The zero-order chi connectivity index (χ0) is 14.7. The molecule has 2 heterocycles. The fourth-order valence-electron chi connectivity index (χ4n) is 2.21. The number of ether oxygens (including phenoxy) is 1. The van der Waals surface area contributed by atoms with Gasteiger partial charge in [-0.15, -0.1) is 5.10 Å². The van der Waals surface area contributed by atoms with Gasteiger partial charge in [-0.1, -0.05) is 30.3 Å². The second-order valence-corrected chi connectivity index (χ2v) is 4.98. The highest BCUT2D eigenvalue weighted by molar-refractivity contribution is 5.67. The van der Waals surface area contributed by atoms with Gasteiger partial charge in [0.1, 0.15) is 6.61 Å². The average Bonchev–Trinajstić information content (AvgIpc) is 2.87. The van der Waals surface area contributed by atoms with Crippen LogP contribution < -0.4 is 4.74 Å². The molecule has 0 fully saturated rings. The molecule has 0 atom stereocenters. The molecule has 0 aliphatic rings. The molecular weight excluding hydrogens is 262 g/mol. The molecule has 0 N–H and O–H groups in total. The van der Waals surface area contributed by atoms with Crippen molar-refractivity contribution in [2.24, 2.45) is 7.05 Å². The van der Waals surface area contributed by atoms with Crippen molar-refractivity contribution in [2.75, 3.05) is 0 Å². The summed E-state index contributed by atoms with van der Waals surface area (Å²) >= 11 is 0. The highest BCUT2D eigenvalue weighted by Gasteiger charge is 2.11. The molecule has 0 amide bonds. The van der Waals surface area contributed by atoms with Crippen LogP contribution in [0.5, 0.6) is 5.88 Å². The lowest BCUT2D eigenvalue weighted by molar-refractivity contribution is 0.292. The van der Waals surface area contributed by atoms with E-state index in [0.29, 0.717) is 12.5 Å². The minimum Gasteiger partial charge on any atom is -0.471 e. The Balaban J connectivity index is 1.86. The van der Waals surface area contributed by atoms with Crippen molar-refractivity contribution in [3.63, 3.8) is 0 Å². The van der Waals surface area contributed by atoms with E-state index in [1.54, 1.807) is 10.9 Å². The molecule has 3 rings (SSSR count). The van der Waals surface area contributed by atoms with E-state index in [4.69, 9.17) is 4.74 Å². The second kappa shape index (κ2) is 5.79. The number of aromatic nitrogens is 3. The minimum atomic E-state index is 0.509. The number of pyridine rings is 1. The summed E-state index contributed by atoms with van der Waals surface area (Å²) in [6, 6.07) is 14.1. The van der Waals surface area contributed by atoms with Crippen LogP contribution >= 0.6 is 0 Å². The topological polar surface area (TPSA) is 39.9 Å². The number of aryl methyl sites for hydroxylation is 2. The molecule has 0 saturated heterocycles. The smallest absolute Gasteiger partial charge is 0.241 e. The molecule has 0 spiro atoms. The summed E-state index contributed by atoms with van der Waals surface area (Å²) in [7, 11) is 1.90. The van der Waals surface area contributed by atoms with Gasteiger partial charge in [0.25, 0.3) is 0 Å². The maximum atomic E-state index is 5.89. The van der Waals surface area contributed by atoms with Gasteiger partial charge in [-0.2, -0.15) is 0 Å². The first-order chi connectivity index (χ1) is 10.2. The van der Waals surface area contributed by atoms with Crippen molar-refractivity contribution in [3.8, 4) is 17.0 Å². The van der Waals surface area contributed by atoms with Crippen molar-refractivity contribution in [1.82, 2.24) is 14.8 Å². The Labute approximate surface area is 124 Å². The van der Waals surface area contributed by atoms with Crippen LogP contribution in [0.1, 0.15) is 11.3 Å². The Bertz CT molecular complexity index is 735. The van der Waals surface area contributed by atoms with E-state index in [-0.39, 0.29) is 0 Å². The van der Waals surface area contributed by atoms with Crippen LogP contribution in [0.25, 0.3) is 11.1 Å². The zero-order valence-corrected chi connectivity index (χ0v) is 12.2. The van der Waals surface area contributed by atoms with Crippen LogP contribution in [0.4, 0.5) is 0 Å². The monoisotopic (exact) mass is 279 g/mol. The Kier molecular flexibility index (Phi) is 3.69. The molecule has 0 saturated carbocycles.